The summed E-state index contributed by atoms with van der Waals surface area (Å²) < 4.78 is 26.5. The second-order valence-electron chi connectivity index (χ2n) is 4.57. The maximum atomic E-state index is 13.6. The van der Waals surface area contributed by atoms with Crippen molar-refractivity contribution in [3.8, 4) is 0 Å². The molecule has 0 aliphatic rings. The summed E-state index contributed by atoms with van der Waals surface area (Å²) in [5.41, 5.74) is 5.20. The number of benzene rings is 2. The predicted octanol–water partition coefficient (Wildman–Crippen LogP) is 3.02. The summed E-state index contributed by atoms with van der Waals surface area (Å²) in [6, 6.07) is 11.2. The van der Waals surface area contributed by atoms with E-state index in [0.717, 1.165) is 17.2 Å². The second-order valence-corrected chi connectivity index (χ2v) is 4.57. The monoisotopic (exact) mass is 262 g/mol. The molecule has 19 heavy (non-hydrogen) atoms. The molecule has 100 valence electrons. The Morgan fingerprint density at radius 2 is 1.95 bits per heavy atom. The van der Waals surface area contributed by atoms with E-state index < -0.39 is 11.6 Å². The second kappa shape index (κ2) is 5.91. The van der Waals surface area contributed by atoms with E-state index in [-0.39, 0.29) is 6.04 Å². The zero-order valence-electron chi connectivity index (χ0n) is 10.7. The number of rotatable bonds is 4. The maximum absolute atomic E-state index is 13.6. The SMILES string of the molecule is Cc1cccc(C(Cc2ccc(F)cc2F)NN)c1. The van der Waals surface area contributed by atoms with Crippen LogP contribution in [0.5, 0.6) is 0 Å². The summed E-state index contributed by atoms with van der Waals surface area (Å²) in [5, 5.41) is 0. The first kappa shape index (κ1) is 13.6. The van der Waals surface area contributed by atoms with Crippen LogP contribution in [0.2, 0.25) is 0 Å². The summed E-state index contributed by atoms with van der Waals surface area (Å²) in [6.07, 6.45) is 0.367. The Balaban J connectivity index is 2.24. The highest BCUT2D eigenvalue weighted by Crippen LogP contribution is 2.21. The third-order valence-corrected chi connectivity index (χ3v) is 3.08. The van der Waals surface area contributed by atoms with Crippen molar-refractivity contribution in [2.24, 2.45) is 5.84 Å². The van der Waals surface area contributed by atoms with Gasteiger partial charge in [0.2, 0.25) is 0 Å². The Morgan fingerprint density at radius 3 is 2.58 bits per heavy atom. The molecule has 0 heterocycles. The highest BCUT2D eigenvalue weighted by Gasteiger charge is 2.13. The fourth-order valence-corrected chi connectivity index (χ4v) is 2.07. The smallest absolute Gasteiger partial charge is 0.129 e. The van der Waals surface area contributed by atoms with Crippen LogP contribution in [-0.4, -0.2) is 0 Å². The van der Waals surface area contributed by atoms with Crippen LogP contribution >= 0.6 is 0 Å². The minimum absolute atomic E-state index is 0.208. The average molecular weight is 262 g/mol. The number of halogens is 2. The summed E-state index contributed by atoms with van der Waals surface area (Å²) in [6.45, 7) is 1.98. The fraction of sp³-hybridized carbons (Fsp3) is 0.200. The van der Waals surface area contributed by atoms with Gasteiger partial charge in [0, 0.05) is 6.07 Å². The zero-order chi connectivity index (χ0) is 13.8. The first-order valence-corrected chi connectivity index (χ1v) is 6.07. The third kappa shape index (κ3) is 3.36. The molecule has 0 radical (unpaired) electrons. The Kier molecular flexibility index (Phi) is 4.24. The van der Waals surface area contributed by atoms with Crippen molar-refractivity contribution in [2.75, 3.05) is 0 Å². The molecule has 0 saturated heterocycles. The van der Waals surface area contributed by atoms with Crippen LogP contribution in [0.15, 0.2) is 42.5 Å². The van der Waals surface area contributed by atoms with Gasteiger partial charge in [0.15, 0.2) is 0 Å². The molecule has 2 nitrogen and oxygen atoms in total. The van der Waals surface area contributed by atoms with Crippen molar-refractivity contribution in [2.45, 2.75) is 19.4 Å². The highest BCUT2D eigenvalue weighted by molar-refractivity contribution is 5.28. The van der Waals surface area contributed by atoms with E-state index in [4.69, 9.17) is 5.84 Å². The van der Waals surface area contributed by atoms with Gasteiger partial charge in [-0.25, -0.2) is 8.78 Å². The molecule has 0 aromatic heterocycles. The molecule has 0 aliphatic heterocycles. The first-order valence-electron chi connectivity index (χ1n) is 6.07. The molecular formula is C15H16F2N2. The molecule has 0 aliphatic carbocycles. The van der Waals surface area contributed by atoms with Crippen molar-refractivity contribution in [1.82, 2.24) is 5.43 Å². The van der Waals surface area contributed by atoms with Crippen LogP contribution in [0.1, 0.15) is 22.7 Å². The number of nitrogens with two attached hydrogens (primary N) is 1. The molecule has 0 spiro atoms. The standard InChI is InChI=1S/C15H16F2N2/c1-10-3-2-4-12(7-10)15(19-18)8-11-5-6-13(16)9-14(11)17/h2-7,9,15,19H,8,18H2,1H3. The van der Waals surface area contributed by atoms with E-state index in [2.05, 4.69) is 5.43 Å². The number of hydrogen-bond donors (Lipinski definition) is 2. The highest BCUT2D eigenvalue weighted by atomic mass is 19.1. The van der Waals surface area contributed by atoms with E-state index in [0.29, 0.717) is 12.0 Å². The lowest BCUT2D eigenvalue weighted by Crippen LogP contribution is -2.29. The van der Waals surface area contributed by atoms with E-state index in [9.17, 15) is 8.78 Å². The van der Waals surface area contributed by atoms with Crippen LogP contribution in [0.4, 0.5) is 8.78 Å². The number of hydrogen-bond acceptors (Lipinski definition) is 2. The molecule has 3 N–H and O–H groups in total. The minimum atomic E-state index is -0.575. The van der Waals surface area contributed by atoms with Crippen molar-refractivity contribution >= 4 is 0 Å². The normalized spacial score (nSPS) is 12.4. The van der Waals surface area contributed by atoms with Gasteiger partial charge in [-0.05, 0) is 30.5 Å². The lowest BCUT2D eigenvalue weighted by Gasteiger charge is -2.17. The summed E-state index contributed by atoms with van der Waals surface area (Å²) in [4.78, 5) is 0. The molecule has 2 aromatic rings. The van der Waals surface area contributed by atoms with E-state index >= 15 is 0 Å². The van der Waals surface area contributed by atoms with Crippen LogP contribution in [0, 0.1) is 18.6 Å². The van der Waals surface area contributed by atoms with Gasteiger partial charge in [-0.3, -0.25) is 11.3 Å². The number of aryl methyl sites for hydroxylation is 1. The van der Waals surface area contributed by atoms with E-state index in [1.54, 1.807) is 0 Å². The van der Waals surface area contributed by atoms with Crippen molar-refractivity contribution in [3.05, 3.63) is 70.8 Å². The van der Waals surface area contributed by atoms with Gasteiger partial charge in [-0.15, -0.1) is 0 Å². The summed E-state index contributed by atoms with van der Waals surface area (Å²) in [5.74, 6) is 4.41. The molecule has 0 saturated carbocycles. The predicted molar refractivity (Wildman–Crippen MR) is 71.3 cm³/mol. The molecule has 0 bridgehead atoms. The third-order valence-electron chi connectivity index (χ3n) is 3.08. The van der Waals surface area contributed by atoms with Crippen LogP contribution in [0.25, 0.3) is 0 Å². The van der Waals surface area contributed by atoms with Crippen molar-refractivity contribution < 1.29 is 8.78 Å². The lowest BCUT2D eigenvalue weighted by molar-refractivity contribution is 0.522. The van der Waals surface area contributed by atoms with Crippen molar-refractivity contribution in [3.63, 3.8) is 0 Å². The Hall–Kier alpha value is -1.78. The molecular weight excluding hydrogens is 246 g/mol. The minimum Gasteiger partial charge on any atom is -0.271 e. The Morgan fingerprint density at radius 1 is 1.16 bits per heavy atom. The molecule has 4 heteroatoms. The fourth-order valence-electron chi connectivity index (χ4n) is 2.07. The van der Waals surface area contributed by atoms with Crippen LogP contribution in [0.3, 0.4) is 0 Å². The first-order chi connectivity index (χ1) is 9.10. The van der Waals surface area contributed by atoms with Gasteiger partial charge in [0.1, 0.15) is 11.6 Å². The van der Waals surface area contributed by atoms with Gasteiger partial charge in [0.05, 0.1) is 6.04 Å². The van der Waals surface area contributed by atoms with E-state index in [1.165, 1.54) is 12.1 Å². The molecule has 2 rings (SSSR count). The quantitative estimate of drug-likeness (QED) is 0.656. The van der Waals surface area contributed by atoms with Gasteiger partial charge >= 0.3 is 0 Å². The lowest BCUT2D eigenvalue weighted by atomic mass is 9.98. The number of hydrazine groups is 1. The maximum Gasteiger partial charge on any atom is 0.129 e. The topological polar surface area (TPSA) is 38.0 Å². The zero-order valence-corrected chi connectivity index (χ0v) is 10.7. The van der Waals surface area contributed by atoms with Gasteiger partial charge < -0.3 is 0 Å². The van der Waals surface area contributed by atoms with Crippen LogP contribution < -0.4 is 11.3 Å². The molecule has 1 unspecified atom stereocenters. The average Bonchev–Trinajstić information content (AvgIpc) is 2.38. The van der Waals surface area contributed by atoms with Gasteiger partial charge in [-0.2, -0.15) is 0 Å². The van der Waals surface area contributed by atoms with Crippen LogP contribution in [-0.2, 0) is 6.42 Å². The largest absolute Gasteiger partial charge is 0.271 e. The van der Waals surface area contributed by atoms with Gasteiger partial charge in [0.25, 0.3) is 0 Å². The molecule has 0 amide bonds. The Labute approximate surface area is 111 Å². The van der Waals surface area contributed by atoms with E-state index in [1.807, 2.05) is 31.2 Å². The molecule has 1 atom stereocenters. The molecule has 2 aromatic carbocycles. The van der Waals surface area contributed by atoms with Gasteiger partial charge in [-0.1, -0.05) is 35.9 Å². The molecule has 0 fully saturated rings. The van der Waals surface area contributed by atoms with Crippen molar-refractivity contribution in [1.29, 1.82) is 0 Å². The summed E-state index contributed by atoms with van der Waals surface area (Å²) in [7, 11) is 0. The summed E-state index contributed by atoms with van der Waals surface area (Å²) >= 11 is 0. The number of nitrogens with one attached hydrogen (secondary N) is 1. The Bertz CT molecular complexity index is 570.